The number of benzene rings is 1. The normalized spacial score (nSPS) is 15.6. The van der Waals surface area contributed by atoms with Crippen molar-refractivity contribution < 1.29 is 19.0 Å². The van der Waals surface area contributed by atoms with Crippen molar-refractivity contribution in [2.45, 2.75) is 44.3 Å². The summed E-state index contributed by atoms with van der Waals surface area (Å²) in [6, 6.07) is 8.99. The Morgan fingerprint density at radius 2 is 1.82 bits per heavy atom. The van der Waals surface area contributed by atoms with E-state index in [1.807, 2.05) is 12.1 Å². The van der Waals surface area contributed by atoms with Gasteiger partial charge in [-0.25, -0.2) is 0 Å². The van der Waals surface area contributed by atoms with Crippen molar-refractivity contribution in [2.24, 2.45) is 0 Å². The SMILES string of the molecule is COc1ccc(C(=O)NCC2(OC)CCCCC2)cc1OCc1ccncc1. The van der Waals surface area contributed by atoms with Crippen LogP contribution >= 0.6 is 0 Å². The van der Waals surface area contributed by atoms with Gasteiger partial charge in [-0.05, 0) is 48.7 Å². The van der Waals surface area contributed by atoms with Gasteiger partial charge in [0.2, 0.25) is 0 Å². The summed E-state index contributed by atoms with van der Waals surface area (Å²) in [5.74, 6) is 0.982. The monoisotopic (exact) mass is 384 g/mol. The molecule has 0 spiro atoms. The highest BCUT2D eigenvalue weighted by molar-refractivity contribution is 5.94. The van der Waals surface area contributed by atoms with Gasteiger partial charge < -0.3 is 19.5 Å². The van der Waals surface area contributed by atoms with E-state index in [0.29, 0.717) is 30.2 Å². The van der Waals surface area contributed by atoms with Crippen molar-refractivity contribution >= 4 is 5.91 Å². The summed E-state index contributed by atoms with van der Waals surface area (Å²) in [4.78, 5) is 16.7. The fourth-order valence-electron chi connectivity index (χ4n) is 3.56. The summed E-state index contributed by atoms with van der Waals surface area (Å²) in [5, 5.41) is 3.03. The van der Waals surface area contributed by atoms with Crippen LogP contribution in [0.4, 0.5) is 0 Å². The molecule has 150 valence electrons. The van der Waals surface area contributed by atoms with Crippen LogP contribution < -0.4 is 14.8 Å². The van der Waals surface area contributed by atoms with Crippen LogP contribution in [0.15, 0.2) is 42.7 Å². The maximum Gasteiger partial charge on any atom is 0.251 e. The van der Waals surface area contributed by atoms with Crippen molar-refractivity contribution in [1.82, 2.24) is 10.3 Å². The topological polar surface area (TPSA) is 69.7 Å². The highest BCUT2D eigenvalue weighted by Crippen LogP contribution is 2.31. The Hall–Kier alpha value is -2.60. The molecular formula is C22H28N2O4. The number of methoxy groups -OCH3 is 2. The van der Waals surface area contributed by atoms with Crippen LogP contribution in [-0.2, 0) is 11.3 Å². The number of hydrogen-bond acceptors (Lipinski definition) is 5. The zero-order valence-corrected chi connectivity index (χ0v) is 16.6. The molecule has 6 heteroatoms. The molecule has 1 amide bonds. The molecule has 1 N–H and O–H groups in total. The van der Waals surface area contributed by atoms with Crippen LogP contribution in [0.25, 0.3) is 0 Å². The summed E-state index contributed by atoms with van der Waals surface area (Å²) >= 11 is 0. The number of hydrogen-bond donors (Lipinski definition) is 1. The number of aromatic nitrogens is 1. The lowest BCUT2D eigenvalue weighted by Gasteiger charge is -2.36. The third-order valence-corrected chi connectivity index (χ3v) is 5.34. The summed E-state index contributed by atoms with van der Waals surface area (Å²) in [5.41, 5.74) is 1.28. The van der Waals surface area contributed by atoms with E-state index in [1.54, 1.807) is 44.8 Å². The lowest BCUT2D eigenvalue weighted by Crippen LogP contribution is -2.45. The summed E-state index contributed by atoms with van der Waals surface area (Å²) in [6.07, 6.45) is 8.90. The van der Waals surface area contributed by atoms with Crippen LogP contribution in [-0.4, -0.2) is 37.3 Å². The summed E-state index contributed by atoms with van der Waals surface area (Å²) in [6.45, 7) is 0.887. The van der Waals surface area contributed by atoms with Gasteiger partial charge in [-0.2, -0.15) is 0 Å². The van der Waals surface area contributed by atoms with Gasteiger partial charge in [-0.1, -0.05) is 19.3 Å². The fraction of sp³-hybridized carbons (Fsp3) is 0.455. The maximum absolute atomic E-state index is 12.7. The molecule has 1 heterocycles. The van der Waals surface area contributed by atoms with E-state index in [0.717, 1.165) is 31.2 Å². The van der Waals surface area contributed by atoms with Gasteiger partial charge in [0.25, 0.3) is 5.91 Å². The van der Waals surface area contributed by atoms with E-state index in [4.69, 9.17) is 14.2 Å². The molecule has 1 aromatic carbocycles. The van der Waals surface area contributed by atoms with Gasteiger partial charge >= 0.3 is 0 Å². The largest absolute Gasteiger partial charge is 0.493 e. The van der Waals surface area contributed by atoms with Crippen LogP contribution in [0.3, 0.4) is 0 Å². The van der Waals surface area contributed by atoms with E-state index in [9.17, 15) is 4.79 Å². The number of carbonyl (C=O) groups excluding carboxylic acids is 1. The minimum atomic E-state index is -0.249. The van der Waals surface area contributed by atoms with Gasteiger partial charge in [-0.15, -0.1) is 0 Å². The molecule has 1 aliphatic rings. The molecule has 1 fully saturated rings. The number of ether oxygens (including phenoxy) is 3. The first kappa shape index (κ1) is 20.1. The maximum atomic E-state index is 12.7. The molecule has 0 unspecified atom stereocenters. The Balaban J connectivity index is 1.66. The summed E-state index contributed by atoms with van der Waals surface area (Å²) < 4.78 is 17.0. The number of pyridine rings is 1. The molecule has 0 saturated heterocycles. The minimum Gasteiger partial charge on any atom is -0.493 e. The fourth-order valence-corrected chi connectivity index (χ4v) is 3.56. The van der Waals surface area contributed by atoms with Gasteiger partial charge in [0.1, 0.15) is 6.61 Å². The Kier molecular flexibility index (Phi) is 6.87. The summed E-state index contributed by atoms with van der Waals surface area (Å²) in [7, 11) is 3.32. The van der Waals surface area contributed by atoms with Gasteiger partial charge in [0.05, 0.1) is 12.7 Å². The molecule has 0 radical (unpaired) electrons. The molecule has 28 heavy (non-hydrogen) atoms. The van der Waals surface area contributed by atoms with E-state index >= 15 is 0 Å². The van der Waals surface area contributed by atoms with Crippen molar-refractivity contribution in [2.75, 3.05) is 20.8 Å². The standard InChI is InChI=1S/C22H28N2O4/c1-26-19-7-6-18(14-20(19)28-15-17-8-12-23-13-9-17)21(25)24-16-22(27-2)10-4-3-5-11-22/h6-9,12-14H,3-5,10-11,15-16H2,1-2H3,(H,24,25). The average molecular weight is 384 g/mol. The smallest absolute Gasteiger partial charge is 0.251 e. The van der Waals surface area contributed by atoms with Gasteiger partial charge in [0.15, 0.2) is 11.5 Å². The molecule has 3 rings (SSSR count). The Morgan fingerprint density at radius 3 is 2.50 bits per heavy atom. The number of carbonyl (C=O) groups is 1. The van der Waals surface area contributed by atoms with Crippen molar-refractivity contribution in [3.63, 3.8) is 0 Å². The molecule has 1 aromatic heterocycles. The van der Waals surface area contributed by atoms with Gasteiger partial charge in [0, 0.05) is 31.6 Å². The van der Waals surface area contributed by atoms with Gasteiger partial charge in [-0.3, -0.25) is 9.78 Å². The Labute approximate surface area is 166 Å². The third kappa shape index (κ3) is 5.01. The van der Waals surface area contributed by atoms with Crippen LogP contribution in [0.2, 0.25) is 0 Å². The lowest BCUT2D eigenvalue weighted by molar-refractivity contribution is -0.0363. The number of nitrogens with one attached hydrogen (secondary N) is 1. The van der Waals surface area contributed by atoms with E-state index in [-0.39, 0.29) is 11.5 Å². The number of amides is 1. The second-order valence-electron chi connectivity index (χ2n) is 7.14. The predicted molar refractivity (Wildman–Crippen MR) is 107 cm³/mol. The predicted octanol–water partition coefficient (Wildman–Crippen LogP) is 3.75. The second kappa shape index (κ2) is 9.55. The highest BCUT2D eigenvalue weighted by Gasteiger charge is 2.32. The molecule has 2 aromatic rings. The zero-order chi connectivity index (χ0) is 19.8. The molecule has 1 saturated carbocycles. The molecular weight excluding hydrogens is 356 g/mol. The van der Waals surface area contributed by atoms with Crippen LogP contribution in [0.1, 0.15) is 48.0 Å². The first-order valence-corrected chi connectivity index (χ1v) is 9.69. The molecule has 1 aliphatic carbocycles. The Morgan fingerprint density at radius 1 is 1.07 bits per heavy atom. The average Bonchev–Trinajstić information content (AvgIpc) is 2.77. The van der Waals surface area contributed by atoms with Crippen LogP contribution in [0, 0.1) is 0 Å². The Bertz CT molecular complexity index is 773. The second-order valence-corrected chi connectivity index (χ2v) is 7.14. The first-order chi connectivity index (χ1) is 13.7. The third-order valence-electron chi connectivity index (χ3n) is 5.34. The van der Waals surface area contributed by atoms with E-state index < -0.39 is 0 Å². The minimum absolute atomic E-state index is 0.140. The van der Waals surface area contributed by atoms with Crippen molar-refractivity contribution in [3.05, 3.63) is 53.9 Å². The number of nitrogens with zero attached hydrogens (tertiary/aromatic N) is 1. The molecule has 0 bridgehead atoms. The van der Waals surface area contributed by atoms with Crippen LogP contribution in [0.5, 0.6) is 11.5 Å². The van der Waals surface area contributed by atoms with E-state index in [2.05, 4.69) is 10.3 Å². The quantitative estimate of drug-likeness (QED) is 0.751. The zero-order valence-electron chi connectivity index (χ0n) is 16.6. The lowest BCUT2D eigenvalue weighted by atomic mass is 9.84. The first-order valence-electron chi connectivity index (χ1n) is 9.69. The van der Waals surface area contributed by atoms with Crippen molar-refractivity contribution in [3.8, 4) is 11.5 Å². The van der Waals surface area contributed by atoms with Crippen molar-refractivity contribution in [1.29, 1.82) is 0 Å². The van der Waals surface area contributed by atoms with E-state index in [1.165, 1.54) is 6.42 Å². The molecule has 0 aliphatic heterocycles. The number of rotatable bonds is 8. The molecule has 6 nitrogen and oxygen atoms in total. The highest BCUT2D eigenvalue weighted by atomic mass is 16.5. The molecule has 0 atom stereocenters.